The summed E-state index contributed by atoms with van der Waals surface area (Å²) in [5.74, 6) is 0.115. The normalized spacial score (nSPS) is 19.1. The number of carbonyl (C=O) groups is 2. The molecule has 2 aliphatic rings. The second-order valence-electron chi connectivity index (χ2n) is 7.24. The van der Waals surface area contributed by atoms with Crippen LogP contribution in [-0.2, 0) is 24.3 Å². The van der Waals surface area contributed by atoms with Gasteiger partial charge in [-0.25, -0.2) is 13.1 Å². The van der Waals surface area contributed by atoms with Crippen LogP contribution in [0.25, 0.3) is 0 Å². The molecule has 1 fully saturated rings. The highest BCUT2D eigenvalue weighted by Gasteiger charge is 2.29. The van der Waals surface area contributed by atoms with Gasteiger partial charge in [0.2, 0.25) is 15.9 Å². The molecule has 10 heteroatoms. The number of hydrogen-bond donors (Lipinski definition) is 1. The van der Waals surface area contributed by atoms with Crippen molar-refractivity contribution in [2.45, 2.75) is 37.5 Å². The number of carbonyl (C=O) groups excluding carboxylic acids is 2. The van der Waals surface area contributed by atoms with Crippen molar-refractivity contribution in [2.24, 2.45) is 5.92 Å². The molecule has 0 aromatic heterocycles. The number of esters is 1. The van der Waals surface area contributed by atoms with Crippen LogP contribution in [-0.4, -0.2) is 64.6 Å². The minimum absolute atomic E-state index is 0.0132. The predicted octanol–water partition coefficient (Wildman–Crippen LogP) is 1.32. The van der Waals surface area contributed by atoms with E-state index < -0.39 is 10.0 Å². The summed E-state index contributed by atoms with van der Waals surface area (Å²) in [5, 5.41) is 0. The Labute approximate surface area is 176 Å². The molecular formula is C20H28N2O7S. The Morgan fingerprint density at radius 3 is 2.73 bits per heavy atom. The molecule has 2 heterocycles. The van der Waals surface area contributed by atoms with Crippen LogP contribution in [0.1, 0.15) is 32.6 Å². The fraction of sp³-hybridized carbons (Fsp3) is 0.600. The number of ether oxygens (including phenoxy) is 3. The summed E-state index contributed by atoms with van der Waals surface area (Å²) in [6.45, 7) is 3.88. The lowest BCUT2D eigenvalue weighted by molar-refractivity contribution is -0.151. The molecule has 0 spiro atoms. The number of benzene rings is 1. The first-order valence-electron chi connectivity index (χ1n) is 10.2. The van der Waals surface area contributed by atoms with Crippen molar-refractivity contribution in [3.05, 3.63) is 18.2 Å². The summed E-state index contributed by atoms with van der Waals surface area (Å²) >= 11 is 0. The highest BCUT2D eigenvalue weighted by Crippen LogP contribution is 2.31. The fourth-order valence-electron chi connectivity index (χ4n) is 3.50. The molecule has 2 aliphatic heterocycles. The molecule has 1 unspecified atom stereocenters. The lowest BCUT2D eigenvalue weighted by Gasteiger charge is -2.31. The molecule has 166 valence electrons. The zero-order chi connectivity index (χ0) is 21.6. The first-order chi connectivity index (χ1) is 14.4. The van der Waals surface area contributed by atoms with Gasteiger partial charge in [0.25, 0.3) is 0 Å². The minimum atomic E-state index is -3.79. The molecule has 1 aromatic carbocycles. The Balaban J connectivity index is 1.53. The second-order valence-corrected chi connectivity index (χ2v) is 9.00. The first kappa shape index (κ1) is 22.4. The van der Waals surface area contributed by atoms with Crippen LogP contribution < -0.4 is 14.2 Å². The van der Waals surface area contributed by atoms with Crippen molar-refractivity contribution in [2.75, 3.05) is 39.5 Å². The summed E-state index contributed by atoms with van der Waals surface area (Å²) in [6, 6.07) is 4.45. The SMILES string of the molecule is CCOC(=O)C1CCCN(C(=O)CCNS(=O)(=O)c2ccc3c(c2)OCCCO3)C1. The van der Waals surface area contributed by atoms with Gasteiger partial charge in [-0.05, 0) is 31.9 Å². The number of nitrogens with one attached hydrogen (secondary N) is 1. The lowest BCUT2D eigenvalue weighted by atomic mass is 9.98. The lowest BCUT2D eigenvalue weighted by Crippen LogP contribution is -2.43. The highest BCUT2D eigenvalue weighted by molar-refractivity contribution is 7.89. The maximum Gasteiger partial charge on any atom is 0.310 e. The quantitative estimate of drug-likeness (QED) is 0.637. The van der Waals surface area contributed by atoms with Gasteiger partial charge in [-0.1, -0.05) is 0 Å². The largest absolute Gasteiger partial charge is 0.490 e. The molecular weight excluding hydrogens is 412 g/mol. The minimum Gasteiger partial charge on any atom is -0.490 e. The molecule has 1 amide bonds. The van der Waals surface area contributed by atoms with Gasteiger partial charge in [-0.15, -0.1) is 0 Å². The Hall–Kier alpha value is -2.33. The zero-order valence-corrected chi connectivity index (χ0v) is 17.9. The number of hydrogen-bond acceptors (Lipinski definition) is 7. The number of nitrogens with zero attached hydrogens (tertiary/aromatic N) is 1. The number of sulfonamides is 1. The van der Waals surface area contributed by atoms with E-state index in [0.717, 1.165) is 12.8 Å². The van der Waals surface area contributed by atoms with E-state index in [1.807, 2.05) is 0 Å². The van der Waals surface area contributed by atoms with Crippen LogP contribution in [0.5, 0.6) is 11.5 Å². The predicted molar refractivity (Wildman–Crippen MR) is 108 cm³/mol. The van der Waals surface area contributed by atoms with E-state index in [0.29, 0.717) is 50.8 Å². The summed E-state index contributed by atoms with van der Waals surface area (Å²) in [6.07, 6.45) is 2.15. The third-order valence-electron chi connectivity index (χ3n) is 5.05. The maximum atomic E-state index is 12.6. The molecule has 3 rings (SSSR count). The number of fused-ring (bicyclic) bond motifs is 1. The maximum absolute atomic E-state index is 12.6. The molecule has 1 aromatic rings. The van der Waals surface area contributed by atoms with Gasteiger partial charge in [-0.2, -0.15) is 0 Å². The van der Waals surface area contributed by atoms with Gasteiger partial charge in [0.15, 0.2) is 11.5 Å². The molecule has 0 saturated carbocycles. The molecule has 1 atom stereocenters. The van der Waals surface area contributed by atoms with Crippen molar-refractivity contribution in [1.29, 1.82) is 0 Å². The molecule has 0 radical (unpaired) electrons. The summed E-state index contributed by atoms with van der Waals surface area (Å²) < 4.78 is 43.7. The van der Waals surface area contributed by atoms with E-state index in [1.165, 1.54) is 12.1 Å². The Morgan fingerprint density at radius 1 is 1.20 bits per heavy atom. The monoisotopic (exact) mass is 440 g/mol. The zero-order valence-electron chi connectivity index (χ0n) is 17.1. The van der Waals surface area contributed by atoms with Crippen molar-refractivity contribution in [3.63, 3.8) is 0 Å². The number of likely N-dealkylation sites (tertiary alicyclic amines) is 1. The Morgan fingerprint density at radius 2 is 1.97 bits per heavy atom. The number of rotatable bonds is 7. The van der Waals surface area contributed by atoms with Gasteiger partial charge >= 0.3 is 5.97 Å². The van der Waals surface area contributed by atoms with E-state index in [-0.39, 0.29) is 35.7 Å². The van der Waals surface area contributed by atoms with Crippen molar-refractivity contribution < 1.29 is 32.2 Å². The van der Waals surface area contributed by atoms with Crippen molar-refractivity contribution in [1.82, 2.24) is 9.62 Å². The average molecular weight is 441 g/mol. The van der Waals surface area contributed by atoms with Crippen LogP contribution in [0.4, 0.5) is 0 Å². The third-order valence-corrected chi connectivity index (χ3v) is 6.51. The Kier molecular flexibility index (Phi) is 7.54. The van der Waals surface area contributed by atoms with Gasteiger partial charge in [0.05, 0.1) is 30.6 Å². The molecule has 9 nitrogen and oxygen atoms in total. The molecule has 0 bridgehead atoms. The standard InChI is InChI=1S/C20H28N2O7S/c1-2-27-20(24)15-5-3-10-22(14-15)19(23)8-9-21-30(25,26)16-6-7-17-18(13-16)29-12-4-11-28-17/h6-7,13,15,21H,2-5,8-12,14H2,1H3. The van der Waals surface area contributed by atoms with Crippen LogP contribution >= 0.6 is 0 Å². The smallest absolute Gasteiger partial charge is 0.310 e. The first-order valence-corrected chi connectivity index (χ1v) is 11.7. The van der Waals surface area contributed by atoms with Crippen LogP contribution in [0.2, 0.25) is 0 Å². The molecule has 30 heavy (non-hydrogen) atoms. The van der Waals surface area contributed by atoms with E-state index in [1.54, 1.807) is 17.9 Å². The van der Waals surface area contributed by atoms with Crippen LogP contribution in [0.15, 0.2) is 23.1 Å². The highest BCUT2D eigenvalue weighted by atomic mass is 32.2. The van der Waals surface area contributed by atoms with Gasteiger partial charge in [0, 0.05) is 38.5 Å². The number of piperidine rings is 1. The third kappa shape index (κ3) is 5.63. The van der Waals surface area contributed by atoms with E-state index in [4.69, 9.17) is 14.2 Å². The molecule has 1 saturated heterocycles. The Bertz CT molecular complexity index is 872. The summed E-state index contributed by atoms with van der Waals surface area (Å²) in [4.78, 5) is 26.1. The second kappa shape index (κ2) is 10.1. The van der Waals surface area contributed by atoms with Crippen molar-refractivity contribution >= 4 is 21.9 Å². The van der Waals surface area contributed by atoms with Gasteiger partial charge in [0.1, 0.15) is 0 Å². The van der Waals surface area contributed by atoms with Gasteiger partial charge < -0.3 is 19.1 Å². The molecule has 0 aliphatic carbocycles. The van der Waals surface area contributed by atoms with Crippen LogP contribution in [0.3, 0.4) is 0 Å². The topological polar surface area (TPSA) is 111 Å². The van der Waals surface area contributed by atoms with Crippen LogP contribution in [0, 0.1) is 5.92 Å². The van der Waals surface area contributed by atoms with E-state index in [9.17, 15) is 18.0 Å². The van der Waals surface area contributed by atoms with Gasteiger partial charge in [-0.3, -0.25) is 9.59 Å². The fourth-order valence-corrected chi connectivity index (χ4v) is 4.55. The molecule has 1 N–H and O–H groups in total. The summed E-state index contributed by atoms with van der Waals surface area (Å²) in [7, 11) is -3.79. The summed E-state index contributed by atoms with van der Waals surface area (Å²) in [5.41, 5.74) is 0. The van der Waals surface area contributed by atoms with Crippen molar-refractivity contribution in [3.8, 4) is 11.5 Å². The van der Waals surface area contributed by atoms with E-state index in [2.05, 4.69) is 4.72 Å². The van der Waals surface area contributed by atoms with E-state index >= 15 is 0 Å². The average Bonchev–Trinajstić information content (AvgIpc) is 2.98. The number of amides is 1.